The molecule has 1 amide bonds. The molecular formula is C13H24N2O3. The lowest BCUT2D eigenvalue weighted by atomic mass is 9.99. The monoisotopic (exact) mass is 256 g/mol. The Bertz CT molecular complexity index is 277. The summed E-state index contributed by atoms with van der Waals surface area (Å²) >= 11 is 0. The zero-order valence-electron chi connectivity index (χ0n) is 11.1. The molecule has 0 bridgehead atoms. The molecule has 5 heteroatoms. The molecule has 2 N–H and O–H groups in total. The van der Waals surface area contributed by atoms with Crippen molar-refractivity contribution in [3.63, 3.8) is 0 Å². The van der Waals surface area contributed by atoms with E-state index in [1.807, 2.05) is 4.90 Å². The lowest BCUT2D eigenvalue weighted by molar-refractivity contribution is -0.138. The second-order valence-electron chi connectivity index (χ2n) is 5.26. The summed E-state index contributed by atoms with van der Waals surface area (Å²) in [5.74, 6) is 0.139. The maximum absolute atomic E-state index is 12.4. The van der Waals surface area contributed by atoms with E-state index in [1.54, 1.807) is 0 Å². The van der Waals surface area contributed by atoms with E-state index in [-0.39, 0.29) is 24.0 Å². The van der Waals surface area contributed by atoms with Crippen LogP contribution in [0.5, 0.6) is 0 Å². The molecule has 2 saturated heterocycles. The Labute approximate surface area is 108 Å². The van der Waals surface area contributed by atoms with Crippen molar-refractivity contribution in [2.24, 2.45) is 5.92 Å². The molecule has 2 atom stereocenters. The summed E-state index contributed by atoms with van der Waals surface area (Å²) in [6, 6.07) is 0.157. The number of nitrogens with one attached hydrogen (secondary N) is 1. The Morgan fingerprint density at radius 3 is 2.78 bits per heavy atom. The molecule has 5 nitrogen and oxygen atoms in total. The molecule has 0 aromatic carbocycles. The molecule has 2 aliphatic heterocycles. The third-order valence-corrected chi connectivity index (χ3v) is 3.83. The Morgan fingerprint density at radius 2 is 2.11 bits per heavy atom. The van der Waals surface area contributed by atoms with Crippen LogP contribution in [-0.2, 0) is 9.53 Å². The van der Waals surface area contributed by atoms with E-state index >= 15 is 0 Å². The first kappa shape index (κ1) is 13.8. The Hall–Kier alpha value is -0.650. The van der Waals surface area contributed by atoms with Crippen molar-refractivity contribution >= 4 is 5.91 Å². The van der Waals surface area contributed by atoms with Crippen LogP contribution in [0.4, 0.5) is 0 Å². The van der Waals surface area contributed by atoms with Crippen LogP contribution in [0.2, 0.25) is 0 Å². The molecule has 104 valence electrons. The molecule has 2 fully saturated rings. The lowest BCUT2D eigenvalue weighted by Gasteiger charge is -2.32. The zero-order chi connectivity index (χ0) is 13.0. The number of rotatable bonds is 4. The van der Waals surface area contributed by atoms with Gasteiger partial charge in [0, 0.05) is 19.1 Å². The molecule has 2 heterocycles. The number of aliphatic hydroxyl groups is 1. The van der Waals surface area contributed by atoms with Gasteiger partial charge >= 0.3 is 0 Å². The van der Waals surface area contributed by atoms with Gasteiger partial charge in [0.2, 0.25) is 5.91 Å². The van der Waals surface area contributed by atoms with E-state index < -0.39 is 0 Å². The Morgan fingerprint density at radius 1 is 1.39 bits per heavy atom. The van der Waals surface area contributed by atoms with Gasteiger partial charge in [-0.15, -0.1) is 0 Å². The third kappa shape index (κ3) is 3.22. The van der Waals surface area contributed by atoms with Gasteiger partial charge in [0.1, 0.15) is 0 Å². The Kier molecular flexibility index (Phi) is 4.97. The number of ether oxygens (including phenoxy) is 1. The smallest absolute Gasteiger partial charge is 0.229 e. The fourth-order valence-corrected chi connectivity index (χ4v) is 2.65. The van der Waals surface area contributed by atoms with Crippen LogP contribution in [-0.4, -0.2) is 60.9 Å². The molecule has 2 rings (SSSR count). The molecule has 0 aromatic rings. The minimum atomic E-state index is -0.233. The number of nitrogens with zero attached hydrogens (tertiary/aromatic N) is 1. The quantitative estimate of drug-likeness (QED) is 0.742. The first-order valence-corrected chi connectivity index (χ1v) is 7.00. The molecule has 0 aliphatic carbocycles. The van der Waals surface area contributed by atoms with Crippen LogP contribution < -0.4 is 5.32 Å². The highest BCUT2D eigenvalue weighted by Gasteiger charge is 2.37. The lowest BCUT2D eigenvalue weighted by Crippen LogP contribution is -2.48. The predicted molar refractivity (Wildman–Crippen MR) is 68.2 cm³/mol. The van der Waals surface area contributed by atoms with E-state index in [0.29, 0.717) is 39.1 Å². The molecule has 0 saturated carbocycles. The van der Waals surface area contributed by atoms with Gasteiger partial charge in [-0.25, -0.2) is 0 Å². The van der Waals surface area contributed by atoms with Crippen molar-refractivity contribution in [3.05, 3.63) is 0 Å². The highest BCUT2D eigenvalue weighted by Crippen LogP contribution is 2.20. The summed E-state index contributed by atoms with van der Waals surface area (Å²) in [4.78, 5) is 14.3. The molecule has 2 unspecified atom stereocenters. The molecule has 2 aliphatic rings. The summed E-state index contributed by atoms with van der Waals surface area (Å²) < 4.78 is 5.44. The molecule has 0 spiro atoms. The van der Waals surface area contributed by atoms with Gasteiger partial charge in [-0.2, -0.15) is 0 Å². The van der Waals surface area contributed by atoms with E-state index in [1.165, 1.54) is 0 Å². The SMILES string of the molecule is CCCNC1COCC1C(=O)N1CCC(O)CC1. The number of likely N-dealkylation sites (tertiary alicyclic amines) is 1. The van der Waals surface area contributed by atoms with Crippen molar-refractivity contribution in [1.82, 2.24) is 10.2 Å². The molecule has 0 aromatic heterocycles. The summed E-state index contributed by atoms with van der Waals surface area (Å²) in [5, 5.41) is 12.9. The molecule has 0 radical (unpaired) electrons. The number of amides is 1. The van der Waals surface area contributed by atoms with Gasteiger partial charge in [-0.3, -0.25) is 4.79 Å². The number of hydrogen-bond donors (Lipinski definition) is 2. The van der Waals surface area contributed by atoms with Gasteiger partial charge in [-0.1, -0.05) is 6.92 Å². The highest BCUT2D eigenvalue weighted by atomic mass is 16.5. The number of hydrogen-bond acceptors (Lipinski definition) is 4. The van der Waals surface area contributed by atoms with Gasteiger partial charge in [0.25, 0.3) is 0 Å². The largest absolute Gasteiger partial charge is 0.393 e. The van der Waals surface area contributed by atoms with Crippen molar-refractivity contribution < 1.29 is 14.6 Å². The maximum Gasteiger partial charge on any atom is 0.229 e. The zero-order valence-corrected chi connectivity index (χ0v) is 11.1. The van der Waals surface area contributed by atoms with Crippen molar-refractivity contribution in [2.45, 2.75) is 38.3 Å². The van der Waals surface area contributed by atoms with Gasteiger partial charge in [0.05, 0.1) is 25.2 Å². The average molecular weight is 256 g/mol. The third-order valence-electron chi connectivity index (χ3n) is 3.83. The summed E-state index contributed by atoms with van der Waals surface area (Å²) in [5.41, 5.74) is 0. The van der Waals surface area contributed by atoms with Gasteiger partial charge < -0.3 is 20.1 Å². The average Bonchev–Trinajstić information content (AvgIpc) is 2.84. The van der Waals surface area contributed by atoms with E-state index in [0.717, 1.165) is 13.0 Å². The normalized spacial score (nSPS) is 29.8. The van der Waals surface area contributed by atoms with Crippen molar-refractivity contribution in [2.75, 3.05) is 32.8 Å². The van der Waals surface area contributed by atoms with E-state index in [2.05, 4.69) is 12.2 Å². The van der Waals surface area contributed by atoms with Crippen LogP contribution in [0.1, 0.15) is 26.2 Å². The van der Waals surface area contributed by atoms with E-state index in [4.69, 9.17) is 4.74 Å². The minimum absolute atomic E-state index is 0.0493. The maximum atomic E-state index is 12.4. The predicted octanol–water partition coefficient (Wildman–Crippen LogP) is -0.0157. The van der Waals surface area contributed by atoms with Gasteiger partial charge in [0.15, 0.2) is 0 Å². The van der Waals surface area contributed by atoms with E-state index in [9.17, 15) is 9.90 Å². The fraction of sp³-hybridized carbons (Fsp3) is 0.923. The van der Waals surface area contributed by atoms with Crippen LogP contribution in [0.25, 0.3) is 0 Å². The van der Waals surface area contributed by atoms with Crippen LogP contribution in [0, 0.1) is 5.92 Å². The number of aliphatic hydroxyl groups excluding tert-OH is 1. The van der Waals surface area contributed by atoms with Crippen molar-refractivity contribution in [1.29, 1.82) is 0 Å². The first-order chi connectivity index (χ1) is 8.72. The summed E-state index contributed by atoms with van der Waals surface area (Å²) in [7, 11) is 0. The Balaban J connectivity index is 1.87. The highest BCUT2D eigenvalue weighted by molar-refractivity contribution is 5.80. The summed E-state index contributed by atoms with van der Waals surface area (Å²) in [6.45, 7) is 5.56. The van der Waals surface area contributed by atoms with Crippen LogP contribution >= 0.6 is 0 Å². The number of carbonyl (C=O) groups excluding carboxylic acids is 1. The van der Waals surface area contributed by atoms with Crippen LogP contribution in [0.3, 0.4) is 0 Å². The minimum Gasteiger partial charge on any atom is -0.393 e. The van der Waals surface area contributed by atoms with Crippen molar-refractivity contribution in [3.8, 4) is 0 Å². The second-order valence-corrected chi connectivity index (χ2v) is 5.26. The first-order valence-electron chi connectivity index (χ1n) is 7.00. The molecular weight excluding hydrogens is 232 g/mol. The topological polar surface area (TPSA) is 61.8 Å². The summed E-state index contributed by atoms with van der Waals surface area (Å²) in [6.07, 6.45) is 2.23. The number of piperidine rings is 1. The van der Waals surface area contributed by atoms with Crippen LogP contribution in [0.15, 0.2) is 0 Å². The second kappa shape index (κ2) is 6.50. The molecule has 18 heavy (non-hydrogen) atoms. The number of carbonyl (C=O) groups is 1. The van der Waals surface area contributed by atoms with Gasteiger partial charge in [-0.05, 0) is 25.8 Å². The standard InChI is InChI=1S/C13H24N2O3/c1-2-5-14-12-9-18-8-11(12)13(17)15-6-3-10(16)4-7-15/h10-12,14,16H,2-9H2,1H3. The fourth-order valence-electron chi connectivity index (χ4n) is 2.65.